The zero-order valence-electron chi connectivity index (χ0n) is 12.9. The predicted octanol–water partition coefficient (Wildman–Crippen LogP) is 3.06. The first kappa shape index (κ1) is 15.7. The zero-order chi connectivity index (χ0) is 16.4. The molecule has 2 aromatic rings. The van der Waals surface area contributed by atoms with E-state index in [9.17, 15) is 9.59 Å². The number of thiophene rings is 1. The van der Waals surface area contributed by atoms with E-state index < -0.39 is 11.9 Å². The summed E-state index contributed by atoms with van der Waals surface area (Å²) in [7, 11) is 0. The Balaban J connectivity index is 1.81. The van der Waals surface area contributed by atoms with E-state index in [0.29, 0.717) is 24.2 Å². The van der Waals surface area contributed by atoms with Crippen LogP contribution in [0.5, 0.6) is 0 Å². The quantitative estimate of drug-likeness (QED) is 0.939. The van der Waals surface area contributed by atoms with Gasteiger partial charge >= 0.3 is 5.97 Å². The van der Waals surface area contributed by atoms with Crippen LogP contribution < -0.4 is 0 Å². The van der Waals surface area contributed by atoms with Gasteiger partial charge in [0, 0.05) is 24.0 Å². The molecule has 3 rings (SSSR count). The summed E-state index contributed by atoms with van der Waals surface area (Å²) in [4.78, 5) is 30.0. The lowest BCUT2D eigenvalue weighted by atomic mass is 9.97. The van der Waals surface area contributed by atoms with Crippen LogP contribution in [0.15, 0.2) is 29.0 Å². The molecule has 0 radical (unpaired) electrons. The summed E-state index contributed by atoms with van der Waals surface area (Å²) in [6.07, 6.45) is 1.36. The molecule has 1 N–H and O–H groups in total. The summed E-state index contributed by atoms with van der Waals surface area (Å²) in [5.41, 5.74) is 3.12. The first-order valence-corrected chi connectivity index (χ1v) is 8.53. The van der Waals surface area contributed by atoms with Gasteiger partial charge in [0.15, 0.2) is 0 Å². The largest absolute Gasteiger partial charge is 0.481 e. The van der Waals surface area contributed by atoms with Gasteiger partial charge in [-0.3, -0.25) is 14.6 Å². The Morgan fingerprint density at radius 1 is 1.35 bits per heavy atom. The van der Waals surface area contributed by atoms with Crippen LogP contribution >= 0.6 is 11.3 Å². The van der Waals surface area contributed by atoms with Crippen LogP contribution in [-0.2, 0) is 4.79 Å². The SMILES string of the molecule is Cc1nc(-c2ccsc2)ccc1C(=O)N1CCCC(C(=O)O)C1. The number of likely N-dealkylation sites (tertiary alicyclic amines) is 1. The highest BCUT2D eigenvalue weighted by molar-refractivity contribution is 7.08. The molecule has 1 unspecified atom stereocenters. The monoisotopic (exact) mass is 330 g/mol. The molecule has 1 saturated heterocycles. The second-order valence-electron chi connectivity index (χ2n) is 5.77. The highest BCUT2D eigenvalue weighted by Gasteiger charge is 2.29. The minimum absolute atomic E-state index is 0.127. The number of aliphatic carboxylic acids is 1. The maximum Gasteiger partial charge on any atom is 0.308 e. The van der Waals surface area contributed by atoms with E-state index in [2.05, 4.69) is 4.98 Å². The molecule has 1 aliphatic rings. The number of piperidine rings is 1. The molecule has 0 bridgehead atoms. The number of carboxylic acids is 1. The molecule has 23 heavy (non-hydrogen) atoms. The number of carbonyl (C=O) groups is 2. The third-order valence-corrected chi connectivity index (χ3v) is 4.87. The third kappa shape index (κ3) is 3.27. The Morgan fingerprint density at radius 2 is 2.17 bits per heavy atom. The lowest BCUT2D eigenvalue weighted by Crippen LogP contribution is -2.42. The van der Waals surface area contributed by atoms with Crippen LogP contribution in [0.25, 0.3) is 11.3 Å². The van der Waals surface area contributed by atoms with Gasteiger partial charge in [0.2, 0.25) is 0 Å². The second-order valence-corrected chi connectivity index (χ2v) is 6.55. The maximum absolute atomic E-state index is 12.7. The molecule has 120 valence electrons. The Bertz CT molecular complexity index is 727. The molecular formula is C17H18N2O3S. The molecule has 0 spiro atoms. The molecule has 0 aromatic carbocycles. The molecule has 1 atom stereocenters. The molecule has 2 aromatic heterocycles. The molecule has 1 fully saturated rings. The van der Waals surface area contributed by atoms with Crippen molar-refractivity contribution in [1.29, 1.82) is 0 Å². The molecule has 3 heterocycles. The molecule has 0 saturated carbocycles. The number of nitrogens with zero attached hydrogens (tertiary/aromatic N) is 2. The first-order chi connectivity index (χ1) is 11.1. The van der Waals surface area contributed by atoms with E-state index in [4.69, 9.17) is 5.11 Å². The van der Waals surface area contributed by atoms with Gasteiger partial charge in [0.05, 0.1) is 22.9 Å². The zero-order valence-corrected chi connectivity index (χ0v) is 13.7. The molecule has 0 aliphatic carbocycles. The fourth-order valence-electron chi connectivity index (χ4n) is 2.89. The van der Waals surface area contributed by atoms with Crippen LogP contribution in [0.1, 0.15) is 28.9 Å². The predicted molar refractivity (Wildman–Crippen MR) is 88.6 cm³/mol. The normalized spacial score (nSPS) is 18.0. The Kier molecular flexibility index (Phi) is 4.43. The smallest absolute Gasteiger partial charge is 0.308 e. The van der Waals surface area contributed by atoms with E-state index in [1.807, 2.05) is 29.8 Å². The van der Waals surface area contributed by atoms with E-state index in [-0.39, 0.29) is 12.5 Å². The number of aromatic nitrogens is 1. The van der Waals surface area contributed by atoms with Gasteiger partial charge in [0.25, 0.3) is 5.91 Å². The van der Waals surface area contributed by atoms with Crippen molar-refractivity contribution in [3.05, 3.63) is 40.2 Å². The van der Waals surface area contributed by atoms with E-state index in [0.717, 1.165) is 17.7 Å². The molecule has 5 nitrogen and oxygen atoms in total. The lowest BCUT2D eigenvalue weighted by Gasteiger charge is -2.31. The van der Waals surface area contributed by atoms with Crippen molar-refractivity contribution >= 4 is 23.2 Å². The number of aryl methyl sites for hydroxylation is 1. The summed E-state index contributed by atoms with van der Waals surface area (Å²) < 4.78 is 0. The fraction of sp³-hybridized carbons (Fsp3) is 0.353. The van der Waals surface area contributed by atoms with Crippen molar-refractivity contribution in [2.45, 2.75) is 19.8 Å². The number of amides is 1. The lowest BCUT2D eigenvalue weighted by molar-refractivity contribution is -0.143. The summed E-state index contributed by atoms with van der Waals surface area (Å²) in [6.45, 7) is 2.70. The number of pyridine rings is 1. The van der Waals surface area contributed by atoms with Crippen LogP contribution in [-0.4, -0.2) is 40.0 Å². The number of rotatable bonds is 3. The van der Waals surface area contributed by atoms with Gasteiger partial charge in [0.1, 0.15) is 0 Å². The second kappa shape index (κ2) is 6.50. The fourth-order valence-corrected chi connectivity index (χ4v) is 3.54. The van der Waals surface area contributed by atoms with Crippen molar-refractivity contribution in [3.8, 4) is 11.3 Å². The average Bonchev–Trinajstić information content (AvgIpc) is 3.08. The van der Waals surface area contributed by atoms with Crippen LogP contribution in [0.4, 0.5) is 0 Å². The van der Waals surface area contributed by atoms with Gasteiger partial charge in [-0.15, -0.1) is 0 Å². The van der Waals surface area contributed by atoms with Crippen molar-refractivity contribution < 1.29 is 14.7 Å². The minimum Gasteiger partial charge on any atom is -0.481 e. The van der Waals surface area contributed by atoms with E-state index in [1.54, 1.807) is 22.3 Å². The summed E-state index contributed by atoms with van der Waals surface area (Å²) >= 11 is 1.61. The average molecular weight is 330 g/mol. The van der Waals surface area contributed by atoms with Crippen molar-refractivity contribution in [2.75, 3.05) is 13.1 Å². The van der Waals surface area contributed by atoms with Crippen molar-refractivity contribution in [3.63, 3.8) is 0 Å². The molecule has 1 amide bonds. The van der Waals surface area contributed by atoms with Gasteiger partial charge in [-0.1, -0.05) is 0 Å². The third-order valence-electron chi connectivity index (χ3n) is 4.19. The van der Waals surface area contributed by atoms with Crippen molar-refractivity contribution in [2.24, 2.45) is 5.92 Å². The van der Waals surface area contributed by atoms with Crippen LogP contribution in [0.3, 0.4) is 0 Å². The highest BCUT2D eigenvalue weighted by Crippen LogP contribution is 2.23. The molecule has 6 heteroatoms. The van der Waals surface area contributed by atoms with E-state index in [1.165, 1.54) is 0 Å². The standard InChI is InChI=1S/C17H18N2O3S/c1-11-14(4-5-15(18-11)13-6-8-23-10-13)16(20)19-7-2-3-12(9-19)17(21)22/h4-6,8,10,12H,2-3,7,9H2,1H3,(H,21,22). The van der Waals surface area contributed by atoms with Gasteiger partial charge < -0.3 is 10.0 Å². The summed E-state index contributed by atoms with van der Waals surface area (Å²) in [5, 5.41) is 13.2. The Morgan fingerprint density at radius 3 is 2.83 bits per heavy atom. The topological polar surface area (TPSA) is 70.5 Å². The maximum atomic E-state index is 12.7. The van der Waals surface area contributed by atoms with Gasteiger partial charge in [-0.05, 0) is 43.3 Å². The summed E-state index contributed by atoms with van der Waals surface area (Å²) in [5.74, 6) is -1.42. The number of hydrogen-bond donors (Lipinski definition) is 1. The van der Waals surface area contributed by atoms with Crippen LogP contribution in [0, 0.1) is 12.8 Å². The number of carbonyl (C=O) groups excluding carboxylic acids is 1. The Labute approximate surface area is 138 Å². The van der Waals surface area contributed by atoms with Gasteiger partial charge in [-0.25, -0.2) is 0 Å². The highest BCUT2D eigenvalue weighted by atomic mass is 32.1. The number of hydrogen-bond acceptors (Lipinski definition) is 4. The van der Waals surface area contributed by atoms with Crippen LogP contribution in [0.2, 0.25) is 0 Å². The molecular weight excluding hydrogens is 312 g/mol. The van der Waals surface area contributed by atoms with Crippen molar-refractivity contribution in [1.82, 2.24) is 9.88 Å². The minimum atomic E-state index is -0.829. The number of carboxylic acid groups (broad SMARTS) is 1. The first-order valence-electron chi connectivity index (χ1n) is 7.58. The summed E-state index contributed by atoms with van der Waals surface area (Å²) in [6, 6.07) is 5.64. The Hall–Kier alpha value is -2.21. The van der Waals surface area contributed by atoms with E-state index >= 15 is 0 Å². The molecule has 1 aliphatic heterocycles. The van der Waals surface area contributed by atoms with Gasteiger partial charge in [-0.2, -0.15) is 11.3 Å².